The molecule has 1 heterocycles. The summed E-state index contributed by atoms with van der Waals surface area (Å²) in [7, 11) is 3.65. The van der Waals surface area contributed by atoms with Crippen LogP contribution in [0.1, 0.15) is 19.3 Å². The average Bonchev–Trinajstić information content (AvgIpc) is 2.19. The van der Waals surface area contributed by atoms with Crippen molar-refractivity contribution < 1.29 is 4.84 Å². The molecule has 1 rings (SSSR count). The van der Waals surface area contributed by atoms with Crippen LogP contribution in [0.25, 0.3) is 0 Å². The van der Waals surface area contributed by atoms with Gasteiger partial charge in [-0.1, -0.05) is 0 Å². The molecule has 3 N–H and O–H groups in total. The zero-order chi connectivity index (χ0) is 9.68. The van der Waals surface area contributed by atoms with Crippen molar-refractivity contribution in [2.24, 2.45) is 11.7 Å². The van der Waals surface area contributed by atoms with Crippen molar-refractivity contribution >= 4 is 0 Å². The van der Waals surface area contributed by atoms with Crippen molar-refractivity contribution in [3.63, 3.8) is 0 Å². The van der Waals surface area contributed by atoms with Crippen LogP contribution in [0.15, 0.2) is 0 Å². The topological polar surface area (TPSA) is 50.5 Å². The molecule has 0 aromatic rings. The number of nitrogens with two attached hydrogens (primary N) is 1. The van der Waals surface area contributed by atoms with Crippen LogP contribution < -0.4 is 11.1 Å². The maximum atomic E-state index is 5.81. The lowest BCUT2D eigenvalue weighted by Crippen LogP contribution is -2.40. The monoisotopic (exact) mass is 187 g/mol. The second kappa shape index (κ2) is 5.54. The summed E-state index contributed by atoms with van der Waals surface area (Å²) in [6.45, 7) is 2.08. The SMILES string of the molecule is CNC(N)CC1CCN(OC)CC1. The maximum Gasteiger partial charge on any atom is 0.0575 e. The summed E-state index contributed by atoms with van der Waals surface area (Å²) in [5.74, 6) is 0.758. The standard InChI is InChI=1S/C9H21N3O/c1-11-9(10)7-8-3-5-12(13-2)6-4-8/h8-9,11H,3-7,10H2,1-2H3. The highest BCUT2D eigenvalue weighted by Crippen LogP contribution is 2.20. The molecule has 1 atom stereocenters. The van der Waals surface area contributed by atoms with Gasteiger partial charge >= 0.3 is 0 Å². The van der Waals surface area contributed by atoms with Crippen LogP contribution in [-0.4, -0.2) is 38.5 Å². The minimum atomic E-state index is 0.152. The summed E-state index contributed by atoms with van der Waals surface area (Å²) in [5.41, 5.74) is 5.81. The minimum absolute atomic E-state index is 0.152. The molecule has 78 valence electrons. The molecule has 4 nitrogen and oxygen atoms in total. The molecular weight excluding hydrogens is 166 g/mol. The second-order valence-corrected chi connectivity index (χ2v) is 3.69. The number of rotatable bonds is 4. The van der Waals surface area contributed by atoms with Gasteiger partial charge in [0.05, 0.1) is 13.3 Å². The lowest BCUT2D eigenvalue weighted by Gasteiger charge is -2.31. The first kappa shape index (κ1) is 10.9. The Hall–Kier alpha value is -0.160. The molecule has 1 aliphatic heterocycles. The Labute approximate surface area is 80.4 Å². The number of hydrogen-bond donors (Lipinski definition) is 2. The van der Waals surface area contributed by atoms with Crippen LogP contribution in [0.2, 0.25) is 0 Å². The van der Waals surface area contributed by atoms with E-state index in [1.807, 2.05) is 12.1 Å². The van der Waals surface area contributed by atoms with Crippen LogP contribution >= 0.6 is 0 Å². The van der Waals surface area contributed by atoms with Gasteiger partial charge in [-0.15, -0.1) is 0 Å². The lowest BCUT2D eigenvalue weighted by atomic mass is 9.93. The van der Waals surface area contributed by atoms with E-state index >= 15 is 0 Å². The molecule has 1 saturated heterocycles. The predicted octanol–water partition coefficient (Wildman–Crippen LogP) is 0.154. The summed E-state index contributed by atoms with van der Waals surface area (Å²) < 4.78 is 0. The van der Waals surface area contributed by atoms with E-state index in [-0.39, 0.29) is 6.17 Å². The summed E-state index contributed by atoms with van der Waals surface area (Å²) in [6, 6.07) is 0. The molecule has 0 amide bonds. The maximum absolute atomic E-state index is 5.81. The van der Waals surface area contributed by atoms with Crippen LogP contribution in [0.3, 0.4) is 0 Å². The molecule has 0 aliphatic carbocycles. The van der Waals surface area contributed by atoms with Crippen LogP contribution in [0.5, 0.6) is 0 Å². The van der Waals surface area contributed by atoms with Gasteiger partial charge in [0.2, 0.25) is 0 Å². The van der Waals surface area contributed by atoms with Crippen molar-refractivity contribution in [3.05, 3.63) is 0 Å². The second-order valence-electron chi connectivity index (χ2n) is 3.69. The predicted molar refractivity (Wildman–Crippen MR) is 53.0 cm³/mol. The van der Waals surface area contributed by atoms with Gasteiger partial charge in [0, 0.05) is 13.1 Å². The van der Waals surface area contributed by atoms with Crippen molar-refractivity contribution in [2.75, 3.05) is 27.2 Å². The molecule has 13 heavy (non-hydrogen) atoms. The van der Waals surface area contributed by atoms with E-state index < -0.39 is 0 Å². The van der Waals surface area contributed by atoms with Crippen LogP contribution in [0, 0.1) is 5.92 Å². The highest BCUT2D eigenvalue weighted by molar-refractivity contribution is 4.71. The quantitative estimate of drug-likeness (QED) is 0.615. The van der Waals surface area contributed by atoms with Gasteiger partial charge in [-0.2, -0.15) is 5.06 Å². The summed E-state index contributed by atoms with van der Waals surface area (Å²) >= 11 is 0. The number of piperidine rings is 1. The molecule has 0 aromatic carbocycles. The van der Waals surface area contributed by atoms with Crippen molar-refractivity contribution in [1.29, 1.82) is 0 Å². The number of nitrogens with zero attached hydrogens (tertiary/aromatic N) is 1. The van der Waals surface area contributed by atoms with E-state index in [2.05, 4.69) is 5.32 Å². The van der Waals surface area contributed by atoms with E-state index in [0.29, 0.717) is 0 Å². The largest absolute Gasteiger partial charge is 0.316 e. The average molecular weight is 187 g/mol. The molecule has 1 fully saturated rings. The van der Waals surface area contributed by atoms with Gasteiger partial charge in [0.1, 0.15) is 0 Å². The van der Waals surface area contributed by atoms with Crippen LogP contribution in [-0.2, 0) is 4.84 Å². The zero-order valence-corrected chi connectivity index (χ0v) is 8.62. The zero-order valence-electron chi connectivity index (χ0n) is 8.62. The Balaban J connectivity index is 2.17. The third-order valence-corrected chi connectivity index (χ3v) is 2.79. The number of nitrogens with one attached hydrogen (secondary N) is 1. The van der Waals surface area contributed by atoms with Gasteiger partial charge in [0.15, 0.2) is 0 Å². The fourth-order valence-corrected chi connectivity index (χ4v) is 1.80. The van der Waals surface area contributed by atoms with E-state index in [0.717, 1.165) is 25.4 Å². The van der Waals surface area contributed by atoms with Crippen LogP contribution in [0.4, 0.5) is 0 Å². The van der Waals surface area contributed by atoms with Gasteiger partial charge in [-0.25, -0.2) is 0 Å². The highest BCUT2D eigenvalue weighted by atomic mass is 16.7. The Morgan fingerprint density at radius 1 is 1.54 bits per heavy atom. The first-order valence-corrected chi connectivity index (χ1v) is 4.98. The third kappa shape index (κ3) is 3.60. The Morgan fingerprint density at radius 2 is 2.15 bits per heavy atom. The Morgan fingerprint density at radius 3 is 2.62 bits per heavy atom. The lowest BCUT2D eigenvalue weighted by molar-refractivity contribution is -0.148. The fraction of sp³-hybridized carbons (Fsp3) is 1.00. The van der Waals surface area contributed by atoms with Gasteiger partial charge in [-0.05, 0) is 32.2 Å². The first-order valence-electron chi connectivity index (χ1n) is 4.98. The summed E-state index contributed by atoms with van der Waals surface area (Å²) in [4.78, 5) is 5.16. The van der Waals surface area contributed by atoms with Gasteiger partial charge < -0.3 is 15.9 Å². The van der Waals surface area contributed by atoms with Crippen molar-refractivity contribution in [1.82, 2.24) is 10.4 Å². The summed E-state index contributed by atoms with van der Waals surface area (Å²) in [6.07, 6.45) is 3.62. The van der Waals surface area contributed by atoms with E-state index in [4.69, 9.17) is 10.6 Å². The van der Waals surface area contributed by atoms with E-state index in [1.165, 1.54) is 12.8 Å². The third-order valence-electron chi connectivity index (χ3n) is 2.79. The van der Waals surface area contributed by atoms with Crippen molar-refractivity contribution in [2.45, 2.75) is 25.4 Å². The van der Waals surface area contributed by atoms with Crippen molar-refractivity contribution in [3.8, 4) is 0 Å². The Kier molecular flexibility index (Phi) is 4.66. The van der Waals surface area contributed by atoms with Gasteiger partial charge in [-0.3, -0.25) is 0 Å². The highest BCUT2D eigenvalue weighted by Gasteiger charge is 2.20. The summed E-state index contributed by atoms with van der Waals surface area (Å²) in [5, 5.41) is 5.09. The molecule has 1 aliphatic rings. The molecule has 0 spiro atoms. The van der Waals surface area contributed by atoms with E-state index in [9.17, 15) is 0 Å². The molecular formula is C9H21N3O. The van der Waals surface area contributed by atoms with Gasteiger partial charge in [0.25, 0.3) is 0 Å². The molecule has 0 bridgehead atoms. The first-order chi connectivity index (χ1) is 6.26. The minimum Gasteiger partial charge on any atom is -0.316 e. The smallest absolute Gasteiger partial charge is 0.0575 e. The van der Waals surface area contributed by atoms with E-state index in [1.54, 1.807) is 7.11 Å². The molecule has 4 heteroatoms. The molecule has 0 aromatic heterocycles. The fourth-order valence-electron chi connectivity index (χ4n) is 1.80. The normalized spacial score (nSPS) is 23.3. The molecule has 1 unspecified atom stereocenters. The number of hydroxylamine groups is 2. The number of hydrogen-bond acceptors (Lipinski definition) is 4. The Bertz CT molecular complexity index is 135. The molecule has 0 saturated carbocycles. The molecule has 0 radical (unpaired) electrons.